The maximum Gasteiger partial charge on any atom is 0.416 e. The minimum Gasteiger partial charge on any atom is -0.317 e. The van der Waals surface area contributed by atoms with Crippen LogP contribution in [0.5, 0.6) is 0 Å². The Morgan fingerprint density at radius 1 is 1.00 bits per heavy atom. The van der Waals surface area contributed by atoms with Gasteiger partial charge in [-0.15, -0.1) is 0 Å². The zero-order valence-corrected chi connectivity index (χ0v) is 17.8. The number of nitrogens with zero attached hydrogens (tertiary/aromatic N) is 3. The topological polar surface area (TPSA) is 97.5 Å². The third-order valence-corrected chi connectivity index (χ3v) is 5.23. The quantitative estimate of drug-likeness (QED) is 0.196. The number of benzene rings is 2. The Kier molecular flexibility index (Phi) is 5.75. The molecule has 1 aliphatic heterocycles. The lowest BCUT2D eigenvalue weighted by atomic mass is 10.1. The molecule has 2 amide bonds. The molecule has 4 rings (SSSR count). The number of carbonyl (C=O) groups excluding carboxylic acids is 2. The largest absolute Gasteiger partial charge is 0.416 e. The van der Waals surface area contributed by atoms with Crippen molar-refractivity contribution in [2.45, 2.75) is 6.18 Å². The highest BCUT2D eigenvalue weighted by Gasteiger charge is 2.36. The zero-order chi connectivity index (χ0) is 24.6. The predicted molar refractivity (Wildman–Crippen MR) is 120 cm³/mol. The summed E-state index contributed by atoms with van der Waals surface area (Å²) < 4.78 is 41.0. The van der Waals surface area contributed by atoms with Crippen LogP contribution in [0, 0.1) is 10.1 Å². The number of hydrogen-bond donors (Lipinski definition) is 1. The average Bonchev–Trinajstić information content (AvgIpc) is 3.24. The highest BCUT2D eigenvalue weighted by atomic mass is 32.1. The fourth-order valence-corrected chi connectivity index (χ4v) is 3.62. The number of nitro groups is 1. The molecule has 0 radical (unpaired) electrons. The first-order valence-corrected chi connectivity index (χ1v) is 9.98. The second-order valence-electron chi connectivity index (χ2n) is 7.08. The number of non-ortho nitro benzene ring substituents is 1. The van der Waals surface area contributed by atoms with Crippen LogP contribution in [0.2, 0.25) is 0 Å². The van der Waals surface area contributed by atoms with Gasteiger partial charge in [-0.3, -0.25) is 29.9 Å². The number of carbonyl (C=O) groups is 2. The van der Waals surface area contributed by atoms with Gasteiger partial charge in [0.05, 0.1) is 16.2 Å². The molecule has 12 heteroatoms. The maximum atomic E-state index is 13.1. The van der Waals surface area contributed by atoms with E-state index >= 15 is 0 Å². The summed E-state index contributed by atoms with van der Waals surface area (Å²) in [5.41, 5.74) is -0.687. The van der Waals surface area contributed by atoms with Crippen LogP contribution in [0.4, 0.5) is 24.5 Å². The Labute approximate surface area is 195 Å². The van der Waals surface area contributed by atoms with Crippen LogP contribution in [0.1, 0.15) is 11.3 Å². The molecule has 1 aromatic heterocycles. The van der Waals surface area contributed by atoms with Gasteiger partial charge in [0.25, 0.3) is 17.5 Å². The van der Waals surface area contributed by atoms with Crippen molar-refractivity contribution < 1.29 is 27.7 Å². The molecule has 172 valence electrons. The SMILES string of the molecule is O=C1NC(=S)N(c2cccc(C(F)(F)F)c2)C(=O)/C1=C/c1cccn1-c1ccc([N+](=O)[O-])cc1. The second-order valence-corrected chi connectivity index (χ2v) is 7.47. The van der Waals surface area contributed by atoms with Gasteiger partial charge in [-0.25, -0.2) is 0 Å². The number of halogens is 3. The number of alkyl halides is 3. The summed E-state index contributed by atoms with van der Waals surface area (Å²) in [6.45, 7) is 0. The van der Waals surface area contributed by atoms with Gasteiger partial charge in [0.1, 0.15) is 5.57 Å². The van der Waals surface area contributed by atoms with Crippen LogP contribution >= 0.6 is 12.2 Å². The smallest absolute Gasteiger partial charge is 0.317 e. The standard InChI is InChI=1S/C22H13F3N4O4S/c23-22(24,25)13-3-1-4-17(11-13)28-20(31)18(19(30)26-21(28)34)12-16-5-2-10-27(16)14-6-8-15(9-7-14)29(32)33/h1-12H,(H,26,30,34)/b18-12+. The summed E-state index contributed by atoms with van der Waals surface area (Å²) in [4.78, 5) is 36.8. The Hall–Kier alpha value is -4.32. The first-order chi connectivity index (χ1) is 16.1. The number of aromatic nitrogens is 1. The predicted octanol–water partition coefficient (Wildman–Crippen LogP) is 4.24. The van der Waals surface area contributed by atoms with E-state index in [1.54, 1.807) is 22.9 Å². The molecule has 2 heterocycles. The third-order valence-electron chi connectivity index (χ3n) is 4.94. The first-order valence-electron chi connectivity index (χ1n) is 9.57. The van der Waals surface area contributed by atoms with E-state index < -0.39 is 28.5 Å². The minimum atomic E-state index is -4.63. The number of rotatable bonds is 4. The molecule has 0 aliphatic carbocycles. The van der Waals surface area contributed by atoms with Gasteiger partial charge >= 0.3 is 6.18 Å². The van der Waals surface area contributed by atoms with E-state index in [1.165, 1.54) is 36.4 Å². The van der Waals surface area contributed by atoms with Gasteiger partial charge < -0.3 is 4.57 Å². The van der Waals surface area contributed by atoms with Crippen molar-refractivity contribution in [2.75, 3.05) is 4.90 Å². The summed E-state index contributed by atoms with van der Waals surface area (Å²) in [7, 11) is 0. The summed E-state index contributed by atoms with van der Waals surface area (Å²) in [6.07, 6.45) is -1.75. The lowest BCUT2D eigenvalue weighted by molar-refractivity contribution is -0.384. The number of nitrogens with one attached hydrogen (secondary N) is 1. The van der Waals surface area contributed by atoms with Gasteiger partial charge in [0, 0.05) is 29.7 Å². The molecule has 0 bridgehead atoms. The maximum absolute atomic E-state index is 13.1. The van der Waals surface area contributed by atoms with Crippen molar-refractivity contribution in [2.24, 2.45) is 0 Å². The number of thiocarbonyl (C=S) groups is 1. The molecular formula is C22H13F3N4O4S. The van der Waals surface area contributed by atoms with Crippen LogP contribution in [0.25, 0.3) is 11.8 Å². The van der Waals surface area contributed by atoms with Crippen molar-refractivity contribution in [1.29, 1.82) is 0 Å². The molecule has 0 spiro atoms. The molecular weight excluding hydrogens is 473 g/mol. The molecule has 8 nitrogen and oxygen atoms in total. The van der Waals surface area contributed by atoms with E-state index in [9.17, 15) is 32.9 Å². The van der Waals surface area contributed by atoms with E-state index in [4.69, 9.17) is 12.2 Å². The van der Waals surface area contributed by atoms with Crippen molar-refractivity contribution in [1.82, 2.24) is 9.88 Å². The van der Waals surface area contributed by atoms with Crippen LogP contribution in [0.3, 0.4) is 0 Å². The highest BCUT2D eigenvalue weighted by Crippen LogP contribution is 2.32. The number of hydrogen-bond acceptors (Lipinski definition) is 5. The number of nitro benzene ring substituents is 1. The van der Waals surface area contributed by atoms with E-state index in [2.05, 4.69) is 5.32 Å². The molecule has 0 atom stereocenters. The van der Waals surface area contributed by atoms with E-state index in [0.717, 1.165) is 23.1 Å². The molecule has 34 heavy (non-hydrogen) atoms. The summed E-state index contributed by atoms with van der Waals surface area (Å²) in [6, 6.07) is 12.8. The van der Waals surface area contributed by atoms with Crippen LogP contribution in [-0.2, 0) is 15.8 Å². The number of anilines is 1. The molecule has 2 aromatic carbocycles. The molecule has 1 fully saturated rings. The third kappa shape index (κ3) is 4.30. The Bertz CT molecular complexity index is 1360. The normalized spacial score (nSPS) is 15.6. The molecule has 3 aromatic rings. The molecule has 0 unspecified atom stereocenters. The van der Waals surface area contributed by atoms with Crippen LogP contribution in [-0.4, -0.2) is 26.4 Å². The Morgan fingerprint density at radius 2 is 1.71 bits per heavy atom. The van der Waals surface area contributed by atoms with Gasteiger partial charge in [-0.1, -0.05) is 6.07 Å². The minimum absolute atomic E-state index is 0.108. The fraction of sp³-hybridized carbons (Fsp3) is 0.0455. The molecule has 0 saturated carbocycles. The summed E-state index contributed by atoms with van der Waals surface area (Å²) in [5.74, 6) is -1.71. The number of amides is 2. The van der Waals surface area contributed by atoms with Gasteiger partial charge in [0.15, 0.2) is 5.11 Å². The van der Waals surface area contributed by atoms with Crippen molar-refractivity contribution in [3.8, 4) is 5.69 Å². The lowest BCUT2D eigenvalue weighted by Crippen LogP contribution is -2.54. The van der Waals surface area contributed by atoms with Crippen LogP contribution < -0.4 is 10.2 Å². The van der Waals surface area contributed by atoms with Crippen molar-refractivity contribution in [3.05, 3.63) is 93.8 Å². The molecule has 1 N–H and O–H groups in total. The molecule has 1 aliphatic rings. The van der Waals surface area contributed by atoms with Crippen molar-refractivity contribution >= 4 is 46.6 Å². The highest BCUT2D eigenvalue weighted by molar-refractivity contribution is 7.80. The Balaban J connectivity index is 1.72. The molecule has 1 saturated heterocycles. The Morgan fingerprint density at radius 3 is 2.35 bits per heavy atom. The van der Waals surface area contributed by atoms with Gasteiger partial charge in [-0.05, 0) is 60.8 Å². The second kappa shape index (κ2) is 8.56. The van der Waals surface area contributed by atoms with Gasteiger partial charge in [0.2, 0.25) is 0 Å². The zero-order valence-electron chi connectivity index (χ0n) is 16.9. The fourth-order valence-electron chi connectivity index (χ4n) is 3.34. The van der Waals surface area contributed by atoms with E-state index in [0.29, 0.717) is 11.4 Å². The van der Waals surface area contributed by atoms with E-state index in [1.807, 2.05) is 0 Å². The first kappa shape index (κ1) is 22.9. The summed E-state index contributed by atoms with van der Waals surface area (Å²) >= 11 is 5.04. The van der Waals surface area contributed by atoms with Gasteiger partial charge in [-0.2, -0.15) is 13.2 Å². The lowest BCUT2D eigenvalue weighted by Gasteiger charge is -2.29. The summed E-state index contributed by atoms with van der Waals surface area (Å²) in [5, 5.41) is 12.9. The van der Waals surface area contributed by atoms with E-state index in [-0.39, 0.29) is 22.1 Å². The van der Waals surface area contributed by atoms with Crippen molar-refractivity contribution in [3.63, 3.8) is 0 Å². The average molecular weight is 486 g/mol. The van der Waals surface area contributed by atoms with Crippen LogP contribution in [0.15, 0.2) is 72.4 Å². The monoisotopic (exact) mass is 486 g/mol.